The van der Waals surface area contributed by atoms with E-state index in [-0.39, 0.29) is 6.61 Å². The van der Waals surface area contributed by atoms with Gasteiger partial charge in [-0.25, -0.2) is 4.68 Å². The van der Waals surface area contributed by atoms with Crippen LogP contribution in [0.1, 0.15) is 5.69 Å². The number of aliphatic hydroxyl groups is 1. The van der Waals surface area contributed by atoms with Crippen LogP contribution < -0.4 is 0 Å². The van der Waals surface area contributed by atoms with Crippen molar-refractivity contribution >= 4 is 34.2 Å². The van der Waals surface area contributed by atoms with Crippen molar-refractivity contribution in [3.63, 3.8) is 0 Å². The summed E-state index contributed by atoms with van der Waals surface area (Å²) in [7, 11) is 0. The first-order valence-electron chi connectivity index (χ1n) is 4.18. The van der Waals surface area contributed by atoms with Crippen molar-refractivity contribution < 1.29 is 5.11 Å². The Morgan fingerprint density at radius 3 is 2.87 bits per heavy atom. The van der Waals surface area contributed by atoms with Gasteiger partial charge in [0.1, 0.15) is 5.69 Å². The highest BCUT2D eigenvalue weighted by molar-refractivity contribution is 14.1. The second-order valence-electron chi connectivity index (χ2n) is 2.91. The Morgan fingerprint density at radius 1 is 1.47 bits per heavy atom. The van der Waals surface area contributed by atoms with E-state index in [2.05, 4.69) is 32.9 Å². The van der Waals surface area contributed by atoms with E-state index in [1.54, 1.807) is 10.9 Å². The molecule has 0 aliphatic carbocycles. The summed E-state index contributed by atoms with van der Waals surface area (Å²) in [6.07, 6.45) is 1.65. The van der Waals surface area contributed by atoms with Gasteiger partial charge in [-0.05, 0) is 40.8 Å². The van der Waals surface area contributed by atoms with E-state index in [1.807, 2.05) is 18.2 Å². The Hall–Kier alpha value is -0.660. The minimum atomic E-state index is -0.123. The van der Waals surface area contributed by atoms with E-state index in [4.69, 9.17) is 16.7 Å². The van der Waals surface area contributed by atoms with Crippen molar-refractivity contribution in [3.8, 4) is 5.69 Å². The number of hydrogen-bond acceptors (Lipinski definition) is 3. The molecule has 0 saturated heterocycles. The van der Waals surface area contributed by atoms with Crippen LogP contribution >= 0.6 is 34.2 Å². The Morgan fingerprint density at radius 2 is 2.27 bits per heavy atom. The second kappa shape index (κ2) is 4.46. The van der Waals surface area contributed by atoms with Crippen LogP contribution in [0, 0.1) is 3.57 Å². The number of benzene rings is 1. The van der Waals surface area contributed by atoms with Crippen LogP contribution in [-0.4, -0.2) is 20.1 Å². The minimum absolute atomic E-state index is 0.123. The number of aliphatic hydroxyl groups excluding tert-OH is 1. The molecule has 1 aromatic carbocycles. The molecule has 0 aliphatic rings. The Balaban J connectivity index is 2.44. The van der Waals surface area contributed by atoms with Crippen molar-refractivity contribution in [1.29, 1.82) is 0 Å². The molecule has 4 nitrogen and oxygen atoms in total. The zero-order valence-electron chi connectivity index (χ0n) is 7.56. The Labute approximate surface area is 105 Å². The first-order chi connectivity index (χ1) is 7.20. The molecule has 6 heteroatoms. The molecule has 0 fully saturated rings. The van der Waals surface area contributed by atoms with Gasteiger partial charge in [-0.2, -0.15) is 0 Å². The summed E-state index contributed by atoms with van der Waals surface area (Å²) in [5, 5.41) is 17.1. The van der Waals surface area contributed by atoms with Gasteiger partial charge in [0.15, 0.2) is 0 Å². The predicted molar refractivity (Wildman–Crippen MR) is 65.0 cm³/mol. The van der Waals surface area contributed by atoms with Gasteiger partial charge in [-0.3, -0.25) is 0 Å². The molecule has 1 aromatic heterocycles. The maximum absolute atomic E-state index is 8.86. The number of nitrogens with zero attached hydrogens (tertiary/aromatic N) is 3. The maximum Gasteiger partial charge on any atom is 0.109 e. The van der Waals surface area contributed by atoms with Crippen molar-refractivity contribution in [2.45, 2.75) is 6.61 Å². The molecule has 0 aliphatic heterocycles. The monoisotopic (exact) mass is 335 g/mol. The third-order valence-corrected chi connectivity index (χ3v) is 2.83. The van der Waals surface area contributed by atoms with Crippen LogP contribution in [-0.2, 0) is 6.61 Å². The highest BCUT2D eigenvalue weighted by Gasteiger charge is 2.06. The van der Waals surface area contributed by atoms with Gasteiger partial charge in [0.05, 0.1) is 23.5 Å². The lowest BCUT2D eigenvalue weighted by atomic mass is 10.3. The molecule has 1 heterocycles. The van der Waals surface area contributed by atoms with Gasteiger partial charge in [-0.1, -0.05) is 16.8 Å². The van der Waals surface area contributed by atoms with Crippen molar-refractivity contribution in [2.24, 2.45) is 0 Å². The molecule has 2 aromatic rings. The van der Waals surface area contributed by atoms with Crippen LogP contribution in [0.5, 0.6) is 0 Å². The zero-order chi connectivity index (χ0) is 10.8. The first kappa shape index (κ1) is 10.8. The molecule has 0 atom stereocenters. The molecule has 0 radical (unpaired) electrons. The average Bonchev–Trinajstić information content (AvgIpc) is 2.66. The summed E-state index contributed by atoms with van der Waals surface area (Å²) in [4.78, 5) is 0. The largest absolute Gasteiger partial charge is 0.390 e. The molecule has 0 saturated carbocycles. The third-order valence-electron chi connectivity index (χ3n) is 1.86. The van der Waals surface area contributed by atoms with E-state index in [0.717, 1.165) is 9.26 Å². The second-order valence-corrected chi connectivity index (χ2v) is 4.56. The summed E-state index contributed by atoms with van der Waals surface area (Å²) in [5.41, 5.74) is 1.27. The summed E-state index contributed by atoms with van der Waals surface area (Å²) < 4.78 is 2.60. The molecule has 0 spiro atoms. The van der Waals surface area contributed by atoms with Crippen molar-refractivity contribution in [2.75, 3.05) is 0 Å². The van der Waals surface area contributed by atoms with Gasteiger partial charge in [0.2, 0.25) is 0 Å². The van der Waals surface area contributed by atoms with E-state index in [0.29, 0.717) is 10.7 Å². The van der Waals surface area contributed by atoms with Gasteiger partial charge in [-0.15, -0.1) is 5.10 Å². The molecule has 0 bridgehead atoms. The van der Waals surface area contributed by atoms with Gasteiger partial charge >= 0.3 is 0 Å². The fourth-order valence-electron chi connectivity index (χ4n) is 1.16. The fourth-order valence-corrected chi connectivity index (χ4v) is 2.10. The summed E-state index contributed by atoms with van der Waals surface area (Å²) in [6.45, 7) is -0.123. The lowest BCUT2D eigenvalue weighted by Crippen LogP contribution is -1.96. The topological polar surface area (TPSA) is 50.9 Å². The molecule has 78 valence electrons. The molecule has 0 unspecified atom stereocenters. The first-order valence-corrected chi connectivity index (χ1v) is 5.64. The normalized spacial score (nSPS) is 10.6. The smallest absolute Gasteiger partial charge is 0.109 e. The molecule has 15 heavy (non-hydrogen) atoms. The van der Waals surface area contributed by atoms with Crippen LogP contribution in [0.3, 0.4) is 0 Å². The standard InChI is InChI=1S/C9H7ClIN3O/c10-8-3-6(11)1-2-9(8)14-4-7(5-15)12-13-14/h1-4,15H,5H2. The van der Waals surface area contributed by atoms with E-state index >= 15 is 0 Å². The predicted octanol–water partition coefficient (Wildman–Crippen LogP) is 2.02. The molecular formula is C9H7ClIN3O. The van der Waals surface area contributed by atoms with Crippen molar-refractivity contribution in [3.05, 3.63) is 38.7 Å². The maximum atomic E-state index is 8.86. The number of halogens is 2. The quantitative estimate of drug-likeness (QED) is 0.854. The lowest BCUT2D eigenvalue weighted by Gasteiger charge is -2.02. The van der Waals surface area contributed by atoms with Gasteiger partial charge < -0.3 is 5.11 Å². The van der Waals surface area contributed by atoms with E-state index < -0.39 is 0 Å². The van der Waals surface area contributed by atoms with Gasteiger partial charge in [0.25, 0.3) is 0 Å². The van der Waals surface area contributed by atoms with E-state index in [9.17, 15) is 0 Å². The van der Waals surface area contributed by atoms with Crippen LogP contribution in [0.25, 0.3) is 5.69 Å². The van der Waals surface area contributed by atoms with Crippen LogP contribution in [0.4, 0.5) is 0 Å². The fraction of sp³-hybridized carbons (Fsp3) is 0.111. The molecular weight excluding hydrogens is 328 g/mol. The highest BCUT2D eigenvalue weighted by Crippen LogP contribution is 2.22. The molecule has 0 amide bonds. The number of aromatic nitrogens is 3. The van der Waals surface area contributed by atoms with E-state index in [1.165, 1.54) is 0 Å². The minimum Gasteiger partial charge on any atom is -0.390 e. The Kier molecular flexibility index (Phi) is 3.22. The third kappa shape index (κ3) is 2.30. The van der Waals surface area contributed by atoms with Crippen molar-refractivity contribution in [1.82, 2.24) is 15.0 Å². The average molecular weight is 336 g/mol. The number of hydrogen-bond donors (Lipinski definition) is 1. The summed E-state index contributed by atoms with van der Waals surface area (Å²) >= 11 is 8.24. The van der Waals surface area contributed by atoms with Crippen LogP contribution in [0.15, 0.2) is 24.4 Å². The van der Waals surface area contributed by atoms with Crippen LogP contribution in [0.2, 0.25) is 5.02 Å². The lowest BCUT2D eigenvalue weighted by molar-refractivity contribution is 0.276. The SMILES string of the molecule is OCc1cn(-c2ccc(I)cc2Cl)nn1. The number of rotatable bonds is 2. The summed E-state index contributed by atoms with van der Waals surface area (Å²) in [5.74, 6) is 0. The molecule has 2 rings (SSSR count). The molecule has 1 N–H and O–H groups in total. The summed E-state index contributed by atoms with van der Waals surface area (Å²) in [6, 6.07) is 5.64. The Bertz CT molecular complexity index is 486. The zero-order valence-corrected chi connectivity index (χ0v) is 10.5. The van der Waals surface area contributed by atoms with Gasteiger partial charge in [0, 0.05) is 3.57 Å². The highest BCUT2D eigenvalue weighted by atomic mass is 127.